The summed E-state index contributed by atoms with van der Waals surface area (Å²) in [5.74, 6) is 2.40. The van der Waals surface area contributed by atoms with E-state index in [2.05, 4.69) is 25.2 Å². The van der Waals surface area contributed by atoms with Gasteiger partial charge in [0.15, 0.2) is 0 Å². The van der Waals surface area contributed by atoms with Crippen molar-refractivity contribution < 1.29 is 4.74 Å². The molecule has 1 heterocycles. The second kappa shape index (κ2) is 7.18. The Bertz CT molecular complexity index is 173. The van der Waals surface area contributed by atoms with Crippen LogP contribution < -0.4 is 5.32 Å². The van der Waals surface area contributed by atoms with Crippen LogP contribution in [0.15, 0.2) is 12.3 Å². The lowest BCUT2D eigenvalue weighted by atomic mass is 10.1. The number of hydrogen-bond donors (Lipinski definition) is 1. The summed E-state index contributed by atoms with van der Waals surface area (Å²) in [5.41, 5.74) is 0. The van der Waals surface area contributed by atoms with Crippen molar-refractivity contribution in [3.8, 4) is 0 Å². The van der Waals surface area contributed by atoms with Gasteiger partial charge in [-0.15, -0.1) is 0 Å². The molecule has 1 rings (SSSR count). The van der Waals surface area contributed by atoms with E-state index in [9.17, 15) is 0 Å². The minimum Gasteiger partial charge on any atom is -0.497 e. The lowest BCUT2D eigenvalue weighted by Crippen LogP contribution is -2.36. The first-order chi connectivity index (χ1) is 6.83. The molecule has 2 unspecified atom stereocenters. The molecule has 0 aromatic rings. The predicted octanol–water partition coefficient (Wildman–Crippen LogP) is 2.41. The minimum absolute atomic E-state index is 0.383. The van der Waals surface area contributed by atoms with Crippen LogP contribution in [0.5, 0.6) is 0 Å². The summed E-state index contributed by atoms with van der Waals surface area (Å²) in [6, 6.07) is 0.592. The van der Waals surface area contributed by atoms with Crippen LogP contribution in [-0.2, 0) is 4.74 Å². The van der Waals surface area contributed by atoms with E-state index in [1.807, 2.05) is 18.0 Å². The third kappa shape index (κ3) is 4.91. The summed E-state index contributed by atoms with van der Waals surface area (Å²) in [7, 11) is 0. The van der Waals surface area contributed by atoms with Gasteiger partial charge in [0.2, 0.25) is 0 Å². The molecule has 1 aliphatic heterocycles. The first-order valence-electron chi connectivity index (χ1n) is 5.44. The molecule has 0 spiro atoms. The van der Waals surface area contributed by atoms with Gasteiger partial charge in [0.25, 0.3) is 0 Å². The van der Waals surface area contributed by atoms with E-state index in [-0.39, 0.29) is 0 Å². The van der Waals surface area contributed by atoms with Crippen LogP contribution in [0.3, 0.4) is 0 Å². The zero-order valence-electron chi connectivity index (χ0n) is 9.16. The second-order valence-corrected chi connectivity index (χ2v) is 4.99. The molecule has 0 saturated heterocycles. The van der Waals surface area contributed by atoms with E-state index in [1.54, 1.807) is 0 Å². The Morgan fingerprint density at radius 3 is 3.14 bits per heavy atom. The first-order valence-corrected chi connectivity index (χ1v) is 6.60. The van der Waals surface area contributed by atoms with Gasteiger partial charge in [-0.1, -0.05) is 6.92 Å². The fraction of sp³-hybridized carbons (Fsp3) is 0.818. The highest BCUT2D eigenvalue weighted by atomic mass is 32.2. The van der Waals surface area contributed by atoms with E-state index >= 15 is 0 Å². The zero-order chi connectivity index (χ0) is 10.2. The Morgan fingerprint density at radius 1 is 1.64 bits per heavy atom. The number of hydrogen-bond acceptors (Lipinski definition) is 3. The predicted molar refractivity (Wildman–Crippen MR) is 63.7 cm³/mol. The van der Waals surface area contributed by atoms with E-state index < -0.39 is 0 Å². The van der Waals surface area contributed by atoms with Crippen LogP contribution >= 0.6 is 11.8 Å². The highest BCUT2D eigenvalue weighted by Crippen LogP contribution is 2.09. The van der Waals surface area contributed by atoms with Crippen LogP contribution in [-0.4, -0.2) is 30.2 Å². The monoisotopic (exact) mass is 215 g/mol. The molecular formula is C11H21NOS. The Morgan fingerprint density at radius 2 is 2.50 bits per heavy atom. The molecule has 2 atom stereocenters. The van der Waals surface area contributed by atoms with Crippen LogP contribution in [0.2, 0.25) is 0 Å². The minimum atomic E-state index is 0.383. The van der Waals surface area contributed by atoms with Gasteiger partial charge in [0.1, 0.15) is 6.10 Å². The summed E-state index contributed by atoms with van der Waals surface area (Å²) in [5, 5.41) is 3.51. The molecule has 0 fully saturated rings. The van der Waals surface area contributed by atoms with Gasteiger partial charge in [-0.2, -0.15) is 11.8 Å². The highest BCUT2D eigenvalue weighted by Gasteiger charge is 2.11. The molecule has 0 bridgehead atoms. The van der Waals surface area contributed by atoms with Crippen LogP contribution in [0.1, 0.15) is 26.7 Å². The number of allylic oxidation sites excluding steroid dienone is 1. The van der Waals surface area contributed by atoms with Crippen LogP contribution in [0.4, 0.5) is 0 Å². The molecule has 0 aliphatic carbocycles. The smallest absolute Gasteiger partial charge is 0.110 e. The Labute approximate surface area is 91.5 Å². The molecule has 1 aliphatic rings. The van der Waals surface area contributed by atoms with Gasteiger partial charge >= 0.3 is 0 Å². The summed E-state index contributed by atoms with van der Waals surface area (Å²) in [6.07, 6.45) is 6.62. The average molecular weight is 215 g/mol. The maximum atomic E-state index is 5.48. The van der Waals surface area contributed by atoms with Crippen molar-refractivity contribution in [2.45, 2.75) is 38.8 Å². The molecule has 0 aromatic heterocycles. The molecule has 0 saturated carbocycles. The Hall–Kier alpha value is -0.150. The molecule has 1 N–H and O–H groups in total. The molecule has 14 heavy (non-hydrogen) atoms. The number of ether oxygens (including phenoxy) is 1. The topological polar surface area (TPSA) is 21.3 Å². The van der Waals surface area contributed by atoms with Crippen molar-refractivity contribution in [3.63, 3.8) is 0 Å². The molecule has 0 radical (unpaired) electrons. The standard InChI is InChI=1S/C11H21NOS/c1-3-14-9-10(2)12-8-11-6-4-5-7-13-11/h5,7,10-12H,3-4,6,8-9H2,1-2H3. The fourth-order valence-electron chi connectivity index (χ4n) is 1.42. The maximum Gasteiger partial charge on any atom is 0.110 e. The number of rotatable bonds is 6. The third-order valence-electron chi connectivity index (χ3n) is 2.29. The van der Waals surface area contributed by atoms with Gasteiger partial charge < -0.3 is 10.1 Å². The van der Waals surface area contributed by atoms with Crippen molar-refractivity contribution in [1.29, 1.82) is 0 Å². The van der Waals surface area contributed by atoms with Gasteiger partial charge in [0.05, 0.1) is 6.26 Å². The molecule has 82 valence electrons. The maximum absolute atomic E-state index is 5.48. The van der Waals surface area contributed by atoms with E-state index in [1.165, 1.54) is 11.5 Å². The summed E-state index contributed by atoms with van der Waals surface area (Å²) in [4.78, 5) is 0. The van der Waals surface area contributed by atoms with Crippen molar-refractivity contribution in [3.05, 3.63) is 12.3 Å². The van der Waals surface area contributed by atoms with Crippen LogP contribution in [0.25, 0.3) is 0 Å². The van der Waals surface area contributed by atoms with E-state index in [0.717, 1.165) is 19.4 Å². The van der Waals surface area contributed by atoms with Gasteiger partial charge in [-0.25, -0.2) is 0 Å². The van der Waals surface area contributed by atoms with Crippen molar-refractivity contribution >= 4 is 11.8 Å². The molecule has 0 aromatic carbocycles. The molecule has 2 nitrogen and oxygen atoms in total. The summed E-state index contributed by atoms with van der Waals surface area (Å²) >= 11 is 1.99. The first kappa shape index (κ1) is 11.9. The van der Waals surface area contributed by atoms with Crippen molar-refractivity contribution in [2.75, 3.05) is 18.1 Å². The molecule has 3 heteroatoms. The Kier molecular flexibility index (Phi) is 6.12. The number of nitrogens with one attached hydrogen (secondary N) is 1. The average Bonchev–Trinajstić information content (AvgIpc) is 2.25. The van der Waals surface area contributed by atoms with Crippen LogP contribution in [0, 0.1) is 0 Å². The third-order valence-corrected chi connectivity index (χ3v) is 3.43. The van der Waals surface area contributed by atoms with Gasteiger partial charge in [0, 0.05) is 18.3 Å². The zero-order valence-corrected chi connectivity index (χ0v) is 9.98. The summed E-state index contributed by atoms with van der Waals surface area (Å²) < 4.78 is 5.48. The van der Waals surface area contributed by atoms with Crippen molar-refractivity contribution in [1.82, 2.24) is 5.32 Å². The van der Waals surface area contributed by atoms with Gasteiger partial charge in [-0.05, 0) is 31.6 Å². The quantitative estimate of drug-likeness (QED) is 0.735. The lowest BCUT2D eigenvalue weighted by Gasteiger charge is -2.22. The summed E-state index contributed by atoms with van der Waals surface area (Å²) in [6.45, 7) is 5.42. The Balaban J connectivity index is 2.04. The lowest BCUT2D eigenvalue weighted by molar-refractivity contribution is 0.120. The SMILES string of the molecule is CCSCC(C)NCC1CCC=CO1. The highest BCUT2D eigenvalue weighted by molar-refractivity contribution is 7.99. The largest absolute Gasteiger partial charge is 0.497 e. The second-order valence-electron chi connectivity index (χ2n) is 3.68. The van der Waals surface area contributed by atoms with Gasteiger partial charge in [-0.3, -0.25) is 0 Å². The molecular weight excluding hydrogens is 194 g/mol. The van der Waals surface area contributed by atoms with Crippen molar-refractivity contribution in [2.24, 2.45) is 0 Å². The normalized spacial score (nSPS) is 23.1. The van der Waals surface area contributed by atoms with E-state index in [0.29, 0.717) is 12.1 Å². The molecule has 0 amide bonds. The number of thioether (sulfide) groups is 1. The fourth-order valence-corrected chi connectivity index (χ4v) is 2.13. The van der Waals surface area contributed by atoms with E-state index in [4.69, 9.17) is 4.74 Å².